The summed E-state index contributed by atoms with van der Waals surface area (Å²) in [7, 11) is 0. The van der Waals surface area contributed by atoms with Gasteiger partial charge >= 0.3 is 0 Å². The summed E-state index contributed by atoms with van der Waals surface area (Å²) in [6, 6.07) is 5.80. The molecule has 0 spiro atoms. The Morgan fingerprint density at radius 1 is 0.722 bits per heavy atom. The molecular formula is C15H23Cl2N. The number of halogens is 2. The maximum atomic E-state index is 5.97. The molecule has 0 atom stereocenters. The van der Waals surface area contributed by atoms with Gasteiger partial charge in [0.15, 0.2) is 0 Å². The Bertz CT molecular complexity index is 319. The summed E-state index contributed by atoms with van der Waals surface area (Å²) in [6.45, 7) is 0.829. The van der Waals surface area contributed by atoms with E-state index in [-0.39, 0.29) is 0 Å². The summed E-state index contributed by atoms with van der Waals surface area (Å²) in [6.07, 6.45) is 9.99. The molecule has 18 heavy (non-hydrogen) atoms. The van der Waals surface area contributed by atoms with Crippen molar-refractivity contribution in [2.24, 2.45) is 5.73 Å². The molecule has 0 fully saturated rings. The molecule has 0 aliphatic carbocycles. The van der Waals surface area contributed by atoms with E-state index in [1.807, 2.05) is 12.1 Å². The van der Waals surface area contributed by atoms with Gasteiger partial charge in [-0.25, -0.2) is 0 Å². The van der Waals surface area contributed by atoms with E-state index in [1.54, 1.807) is 6.07 Å². The lowest BCUT2D eigenvalue weighted by Gasteiger charge is -2.04. The van der Waals surface area contributed by atoms with E-state index < -0.39 is 0 Å². The first-order valence-electron chi connectivity index (χ1n) is 6.87. The summed E-state index contributed by atoms with van der Waals surface area (Å²) >= 11 is 11.9. The third-order valence-electron chi connectivity index (χ3n) is 3.09. The SMILES string of the molecule is NCCCCCCCCCc1cc(Cl)cc(Cl)c1. The zero-order valence-electron chi connectivity index (χ0n) is 10.9. The van der Waals surface area contributed by atoms with E-state index in [4.69, 9.17) is 28.9 Å². The predicted octanol–water partition coefficient (Wildman–Crippen LogP) is 5.23. The fourth-order valence-corrected chi connectivity index (χ4v) is 2.68. The molecular weight excluding hydrogens is 265 g/mol. The number of nitrogens with two attached hydrogens (primary N) is 1. The summed E-state index contributed by atoms with van der Waals surface area (Å²) in [5.41, 5.74) is 6.70. The van der Waals surface area contributed by atoms with E-state index in [1.165, 1.54) is 50.5 Å². The summed E-state index contributed by atoms with van der Waals surface area (Å²) in [5, 5.41) is 1.47. The topological polar surface area (TPSA) is 26.0 Å². The molecule has 1 rings (SSSR count). The fourth-order valence-electron chi connectivity index (χ4n) is 2.11. The number of unbranched alkanes of at least 4 members (excludes halogenated alkanes) is 6. The highest BCUT2D eigenvalue weighted by molar-refractivity contribution is 6.34. The summed E-state index contributed by atoms with van der Waals surface area (Å²) in [4.78, 5) is 0. The van der Waals surface area contributed by atoms with Crippen LogP contribution in [0.15, 0.2) is 18.2 Å². The van der Waals surface area contributed by atoms with Gasteiger partial charge in [0.2, 0.25) is 0 Å². The molecule has 1 aromatic carbocycles. The van der Waals surface area contributed by atoms with Gasteiger partial charge in [-0.1, -0.05) is 55.3 Å². The summed E-state index contributed by atoms with van der Waals surface area (Å²) in [5.74, 6) is 0. The number of aryl methyl sites for hydroxylation is 1. The van der Waals surface area contributed by atoms with E-state index in [0.29, 0.717) is 0 Å². The molecule has 1 nitrogen and oxygen atoms in total. The standard InChI is InChI=1S/C15H23Cl2N/c16-14-10-13(11-15(17)12-14)8-6-4-2-1-3-5-7-9-18/h10-12H,1-9,18H2. The zero-order chi connectivity index (χ0) is 13.2. The predicted molar refractivity (Wildman–Crippen MR) is 81.5 cm³/mol. The maximum Gasteiger partial charge on any atom is 0.0423 e. The van der Waals surface area contributed by atoms with Crippen LogP contribution in [0.4, 0.5) is 0 Å². The second-order valence-electron chi connectivity index (χ2n) is 4.79. The molecule has 0 bridgehead atoms. The van der Waals surface area contributed by atoms with Gasteiger partial charge in [-0.3, -0.25) is 0 Å². The van der Waals surface area contributed by atoms with Crippen molar-refractivity contribution in [3.05, 3.63) is 33.8 Å². The van der Waals surface area contributed by atoms with Gasteiger partial charge < -0.3 is 5.73 Å². The number of hydrogen-bond acceptors (Lipinski definition) is 1. The molecule has 0 aromatic heterocycles. The molecule has 1 aromatic rings. The molecule has 0 heterocycles. The quantitative estimate of drug-likeness (QED) is 0.619. The maximum absolute atomic E-state index is 5.97. The third-order valence-corrected chi connectivity index (χ3v) is 3.53. The molecule has 0 amide bonds. The normalized spacial score (nSPS) is 10.8. The second-order valence-corrected chi connectivity index (χ2v) is 5.66. The minimum Gasteiger partial charge on any atom is -0.330 e. The van der Waals surface area contributed by atoms with Crippen LogP contribution in [0.1, 0.15) is 50.5 Å². The minimum absolute atomic E-state index is 0.735. The average Bonchev–Trinajstić information content (AvgIpc) is 2.31. The Morgan fingerprint density at radius 3 is 1.78 bits per heavy atom. The third kappa shape index (κ3) is 7.25. The van der Waals surface area contributed by atoms with Crippen LogP contribution < -0.4 is 5.73 Å². The molecule has 0 saturated carbocycles. The number of rotatable bonds is 9. The molecule has 0 radical (unpaired) electrons. The van der Waals surface area contributed by atoms with Crippen LogP contribution in [-0.2, 0) is 6.42 Å². The van der Waals surface area contributed by atoms with Crippen LogP contribution in [0.2, 0.25) is 10.0 Å². The van der Waals surface area contributed by atoms with E-state index in [2.05, 4.69) is 0 Å². The van der Waals surface area contributed by atoms with Gasteiger partial charge in [-0.15, -0.1) is 0 Å². The van der Waals surface area contributed by atoms with Gasteiger partial charge in [-0.05, 0) is 49.6 Å². The monoisotopic (exact) mass is 287 g/mol. The van der Waals surface area contributed by atoms with Crippen LogP contribution in [0, 0.1) is 0 Å². The molecule has 0 aliphatic rings. The summed E-state index contributed by atoms with van der Waals surface area (Å²) < 4.78 is 0. The Kier molecular flexibility index (Phi) is 8.49. The molecule has 0 unspecified atom stereocenters. The Balaban J connectivity index is 2.07. The van der Waals surface area contributed by atoms with Crippen molar-refractivity contribution in [2.75, 3.05) is 6.54 Å². The van der Waals surface area contributed by atoms with Crippen molar-refractivity contribution < 1.29 is 0 Å². The zero-order valence-corrected chi connectivity index (χ0v) is 12.4. The molecule has 2 N–H and O–H groups in total. The average molecular weight is 288 g/mol. The number of benzene rings is 1. The van der Waals surface area contributed by atoms with Crippen LogP contribution in [-0.4, -0.2) is 6.54 Å². The van der Waals surface area contributed by atoms with Gasteiger partial charge in [0, 0.05) is 10.0 Å². The second kappa shape index (κ2) is 9.66. The van der Waals surface area contributed by atoms with Gasteiger partial charge in [0.25, 0.3) is 0 Å². The molecule has 0 aliphatic heterocycles. The van der Waals surface area contributed by atoms with E-state index in [0.717, 1.165) is 23.0 Å². The van der Waals surface area contributed by atoms with Crippen LogP contribution >= 0.6 is 23.2 Å². The smallest absolute Gasteiger partial charge is 0.0423 e. The van der Waals surface area contributed by atoms with Crippen molar-refractivity contribution in [2.45, 2.75) is 51.4 Å². The van der Waals surface area contributed by atoms with Crippen molar-refractivity contribution in [1.82, 2.24) is 0 Å². The fraction of sp³-hybridized carbons (Fsp3) is 0.600. The molecule has 102 valence electrons. The van der Waals surface area contributed by atoms with Crippen molar-refractivity contribution in [3.8, 4) is 0 Å². The van der Waals surface area contributed by atoms with Crippen LogP contribution in [0.3, 0.4) is 0 Å². The van der Waals surface area contributed by atoms with Crippen LogP contribution in [0.5, 0.6) is 0 Å². The van der Waals surface area contributed by atoms with Crippen molar-refractivity contribution in [3.63, 3.8) is 0 Å². The van der Waals surface area contributed by atoms with Gasteiger partial charge in [0.1, 0.15) is 0 Å². The first-order valence-corrected chi connectivity index (χ1v) is 7.63. The largest absolute Gasteiger partial charge is 0.330 e. The van der Waals surface area contributed by atoms with Gasteiger partial charge in [-0.2, -0.15) is 0 Å². The highest BCUT2D eigenvalue weighted by atomic mass is 35.5. The first kappa shape index (κ1) is 15.8. The van der Waals surface area contributed by atoms with Crippen LogP contribution in [0.25, 0.3) is 0 Å². The van der Waals surface area contributed by atoms with Gasteiger partial charge in [0.05, 0.1) is 0 Å². The lowest BCUT2D eigenvalue weighted by atomic mass is 10.0. The Hall–Kier alpha value is -0.240. The minimum atomic E-state index is 0.735. The highest BCUT2D eigenvalue weighted by Gasteiger charge is 1.98. The molecule has 0 saturated heterocycles. The van der Waals surface area contributed by atoms with Crippen molar-refractivity contribution >= 4 is 23.2 Å². The van der Waals surface area contributed by atoms with E-state index in [9.17, 15) is 0 Å². The Labute approximate surface area is 121 Å². The highest BCUT2D eigenvalue weighted by Crippen LogP contribution is 2.20. The lowest BCUT2D eigenvalue weighted by Crippen LogP contribution is -1.97. The lowest BCUT2D eigenvalue weighted by molar-refractivity contribution is 0.582. The van der Waals surface area contributed by atoms with Crippen molar-refractivity contribution in [1.29, 1.82) is 0 Å². The Morgan fingerprint density at radius 2 is 1.22 bits per heavy atom. The van der Waals surface area contributed by atoms with E-state index >= 15 is 0 Å². The first-order chi connectivity index (χ1) is 8.72. The molecule has 3 heteroatoms. The number of hydrogen-bond donors (Lipinski definition) is 1.